The van der Waals surface area contributed by atoms with Crippen LogP contribution in [0.4, 0.5) is 0 Å². The molecule has 3 radical (unpaired) electrons. The second-order valence-corrected chi connectivity index (χ2v) is 4.80. The summed E-state index contributed by atoms with van der Waals surface area (Å²) in [5.41, 5.74) is -0.641. The summed E-state index contributed by atoms with van der Waals surface area (Å²) in [5.74, 6) is -0.892. The normalized spacial score (nSPS) is 15.5. The molecule has 0 unspecified atom stereocenters. The zero-order valence-electron chi connectivity index (χ0n) is 9.74. The van der Waals surface area contributed by atoms with Gasteiger partial charge in [-0.25, -0.2) is 0 Å². The van der Waals surface area contributed by atoms with Crippen LogP contribution in [0.1, 0.15) is 26.3 Å². The monoisotopic (exact) mass is 234 g/mol. The Morgan fingerprint density at radius 3 is 2.12 bits per heavy atom. The molecular formula is C12H16NO2Si. The first-order valence-electron chi connectivity index (χ1n) is 5.09. The lowest BCUT2D eigenvalue weighted by atomic mass is 9.69. The molecule has 0 heterocycles. The van der Waals surface area contributed by atoms with Crippen molar-refractivity contribution in [2.45, 2.75) is 31.7 Å². The van der Waals surface area contributed by atoms with E-state index in [1.807, 2.05) is 44.2 Å². The van der Waals surface area contributed by atoms with Gasteiger partial charge in [0.05, 0.1) is 0 Å². The maximum Gasteiger partial charge on any atom is 0.323 e. The highest BCUT2D eigenvalue weighted by Gasteiger charge is 2.47. The van der Waals surface area contributed by atoms with Crippen molar-refractivity contribution in [2.75, 3.05) is 0 Å². The molecule has 1 aromatic carbocycles. The molecule has 0 aliphatic rings. The third kappa shape index (κ3) is 1.90. The number of carboxylic acids is 1. The molecule has 1 aromatic rings. The molecule has 85 valence electrons. The zero-order chi connectivity index (χ0) is 12.4. The third-order valence-corrected chi connectivity index (χ3v) is 3.92. The van der Waals surface area contributed by atoms with E-state index >= 15 is 0 Å². The van der Waals surface area contributed by atoms with Gasteiger partial charge in [-0.05, 0) is 12.5 Å². The van der Waals surface area contributed by atoms with E-state index < -0.39 is 16.9 Å². The SMILES string of the molecule is CC(C)(c1ccccc1)[C@](C)(N[Si])C(=O)O. The van der Waals surface area contributed by atoms with Gasteiger partial charge in [0.1, 0.15) is 15.9 Å². The lowest BCUT2D eigenvalue weighted by Crippen LogP contribution is -2.60. The topological polar surface area (TPSA) is 49.3 Å². The number of carboxylic acid groups (broad SMARTS) is 1. The van der Waals surface area contributed by atoms with Crippen molar-refractivity contribution in [1.82, 2.24) is 4.98 Å². The van der Waals surface area contributed by atoms with E-state index in [0.717, 1.165) is 5.56 Å². The van der Waals surface area contributed by atoms with Gasteiger partial charge in [0, 0.05) is 5.41 Å². The van der Waals surface area contributed by atoms with Crippen LogP contribution in [0.3, 0.4) is 0 Å². The van der Waals surface area contributed by atoms with Crippen molar-refractivity contribution in [1.29, 1.82) is 0 Å². The van der Waals surface area contributed by atoms with Crippen molar-refractivity contribution in [3.63, 3.8) is 0 Å². The van der Waals surface area contributed by atoms with Crippen molar-refractivity contribution < 1.29 is 9.90 Å². The van der Waals surface area contributed by atoms with Crippen LogP contribution in [-0.2, 0) is 10.2 Å². The molecule has 0 bridgehead atoms. The first kappa shape index (κ1) is 12.9. The number of carbonyl (C=O) groups is 1. The highest BCUT2D eigenvalue weighted by Crippen LogP contribution is 2.34. The molecule has 0 fully saturated rings. The molecule has 4 heteroatoms. The highest BCUT2D eigenvalue weighted by molar-refractivity contribution is 6.07. The van der Waals surface area contributed by atoms with Crippen LogP contribution in [0, 0.1) is 0 Å². The van der Waals surface area contributed by atoms with Crippen LogP contribution in [0.15, 0.2) is 30.3 Å². The Hall–Kier alpha value is -1.13. The third-order valence-electron chi connectivity index (χ3n) is 3.42. The Bertz CT molecular complexity index is 378. The molecule has 1 atom stereocenters. The van der Waals surface area contributed by atoms with Crippen LogP contribution in [0.25, 0.3) is 0 Å². The maximum atomic E-state index is 11.4. The summed E-state index contributed by atoms with van der Waals surface area (Å²) in [5, 5.41) is 9.34. The van der Waals surface area contributed by atoms with Crippen LogP contribution < -0.4 is 4.98 Å². The van der Waals surface area contributed by atoms with Crippen LogP contribution >= 0.6 is 0 Å². The minimum absolute atomic E-state index is 0.540. The van der Waals surface area contributed by atoms with Gasteiger partial charge in [-0.15, -0.1) is 0 Å². The standard InChI is InChI=1S/C12H16NO2Si/c1-11(2,9-7-5-4-6-8-9)12(3,13-16)10(14)15/h4-8,13H,1-3H3,(H,14,15)/t12-/m1/s1. The Morgan fingerprint density at radius 1 is 1.25 bits per heavy atom. The van der Waals surface area contributed by atoms with E-state index in [1.54, 1.807) is 6.92 Å². The minimum atomic E-state index is -1.08. The Morgan fingerprint density at radius 2 is 1.75 bits per heavy atom. The second kappa shape index (κ2) is 4.39. The van der Waals surface area contributed by atoms with Crippen molar-refractivity contribution >= 4 is 16.4 Å². The molecule has 1 rings (SSSR count). The van der Waals surface area contributed by atoms with Gasteiger partial charge >= 0.3 is 5.97 Å². The summed E-state index contributed by atoms with van der Waals surface area (Å²) in [6.45, 7) is 5.47. The molecule has 16 heavy (non-hydrogen) atoms. The average molecular weight is 234 g/mol. The van der Waals surface area contributed by atoms with E-state index in [2.05, 4.69) is 15.4 Å². The first-order valence-corrected chi connectivity index (χ1v) is 5.59. The summed E-state index contributed by atoms with van der Waals surface area (Å²) in [6.07, 6.45) is 0. The highest BCUT2D eigenvalue weighted by atomic mass is 28.2. The first-order chi connectivity index (χ1) is 7.36. The molecule has 0 aromatic heterocycles. The van der Waals surface area contributed by atoms with Crippen LogP contribution in [0.5, 0.6) is 0 Å². The number of hydrogen-bond acceptors (Lipinski definition) is 2. The zero-order valence-corrected chi connectivity index (χ0v) is 10.7. The second-order valence-electron chi connectivity index (χ2n) is 4.55. The summed E-state index contributed by atoms with van der Waals surface area (Å²) in [7, 11) is 3.13. The van der Waals surface area contributed by atoms with E-state index in [0.29, 0.717) is 0 Å². The van der Waals surface area contributed by atoms with E-state index in [9.17, 15) is 9.90 Å². The van der Waals surface area contributed by atoms with Gasteiger partial charge in [-0.3, -0.25) is 4.79 Å². The molecule has 0 saturated carbocycles. The Balaban J connectivity index is 3.24. The average Bonchev–Trinajstić information content (AvgIpc) is 2.28. The van der Waals surface area contributed by atoms with Gasteiger partial charge in [0.2, 0.25) is 0 Å². The number of hydrogen-bond donors (Lipinski definition) is 2. The van der Waals surface area contributed by atoms with Crippen molar-refractivity contribution in [2.24, 2.45) is 0 Å². The smallest absolute Gasteiger partial charge is 0.323 e. The predicted octanol–water partition coefficient (Wildman–Crippen LogP) is 1.48. The van der Waals surface area contributed by atoms with E-state index in [1.165, 1.54) is 0 Å². The predicted molar refractivity (Wildman–Crippen MR) is 64.4 cm³/mol. The number of nitrogens with one attached hydrogen (secondary N) is 1. The molecule has 0 aliphatic carbocycles. The lowest BCUT2D eigenvalue weighted by Gasteiger charge is -2.41. The molecule has 0 saturated heterocycles. The fourth-order valence-electron chi connectivity index (χ4n) is 1.62. The Kier molecular flexibility index (Phi) is 3.55. The summed E-state index contributed by atoms with van der Waals surface area (Å²) < 4.78 is 0. The summed E-state index contributed by atoms with van der Waals surface area (Å²) in [4.78, 5) is 14.1. The summed E-state index contributed by atoms with van der Waals surface area (Å²) >= 11 is 0. The van der Waals surface area contributed by atoms with Gasteiger partial charge < -0.3 is 10.1 Å². The van der Waals surface area contributed by atoms with E-state index in [-0.39, 0.29) is 0 Å². The molecule has 0 spiro atoms. The summed E-state index contributed by atoms with van der Waals surface area (Å²) in [6, 6.07) is 9.61. The van der Waals surface area contributed by atoms with E-state index in [4.69, 9.17) is 0 Å². The van der Waals surface area contributed by atoms with Crippen LogP contribution in [-0.4, -0.2) is 27.0 Å². The number of aliphatic carboxylic acids is 1. The number of rotatable bonds is 4. The molecule has 0 amide bonds. The largest absolute Gasteiger partial charge is 0.480 e. The fraction of sp³-hybridized carbons (Fsp3) is 0.417. The quantitative estimate of drug-likeness (QED) is 0.776. The maximum absolute atomic E-state index is 11.4. The minimum Gasteiger partial charge on any atom is -0.480 e. The Labute approximate surface area is 99.4 Å². The van der Waals surface area contributed by atoms with Crippen LogP contribution in [0.2, 0.25) is 0 Å². The van der Waals surface area contributed by atoms with Crippen molar-refractivity contribution in [3.8, 4) is 0 Å². The van der Waals surface area contributed by atoms with Crippen molar-refractivity contribution in [3.05, 3.63) is 35.9 Å². The molecule has 3 nitrogen and oxygen atoms in total. The van der Waals surface area contributed by atoms with Gasteiger partial charge in [-0.1, -0.05) is 44.2 Å². The number of benzene rings is 1. The lowest BCUT2D eigenvalue weighted by molar-refractivity contribution is -0.146. The van der Waals surface area contributed by atoms with Gasteiger partial charge in [0.15, 0.2) is 0 Å². The van der Waals surface area contributed by atoms with Gasteiger partial charge in [-0.2, -0.15) is 0 Å². The van der Waals surface area contributed by atoms with Gasteiger partial charge in [0.25, 0.3) is 0 Å². The molecule has 2 N–H and O–H groups in total. The molecule has 0 aliphatic heterocycles. The fourth-order valence-corrected chi connectivity index (χ4v) is 2.04. The molecular weight excluding hydrogens is 218 g/mol.